The van der Waals surface area contributed by atoms with Crippen molar-refractivity contribution in [1.82, 2.24) is 15.0 Å². The average molecular weight is 313 g/mol. The van der Waals surface area contributed by atoms with Gasteiger partial charge in [-0.2, -0.15) is 22.0 Å². The summed E-state index contributed by atoms with van der Waals surface area (Å²) in [6.07, 6.45) is -2.05. The summed E-state index contributed by atoms with van der Waals surface area (Å²) in [4.78, 5) is 0. The van der Waals surface area contributed by atoms with Gasteiger partial charge < -0.3 is 0 Å². The highest BCUT2D eigenvalue weighted by atomic mass is 19.4. The number of hydrogen-bond acceptors (Lipinski definition) is 2. The molecule has 0 saturated carbocycles. The highest BCUT2D eigenvalue weighted by molar-refractivity contribution is 5.18. The van der Waals surface area contributed by atoms with Crippen LogP contribution in [0.1, 0.15) is 57.3 Å². The van der Waals surface area contributed by atoms with Gasteiger partial charge in [-0.3, -0.25) is 0 Å². The van der Waals surface area contributed by atoms with Crippen LogP contribution >= 0.6 is 0 Å². The molecule has 0 radical (unpaired) electrons. The maximum Gasteiger partial charge on any atom is 0.459 e. The lowest BCUT2D eigenvalue weighted by Crippen LogP contribution is -2.37. The summed E-state index contributed by atoms with van der Waals surface area (Å²) < 4.78 is 66.0. The molecule has 0 aliphatic carbocycles. The molecule has 0 atom stereocenters. The number of rotatable bonds is 8. The van der Waals surface area contributed by atoms with Crippen LogP contribution in [0.15, 0.2) is 0 Å². The van der Waals surface area contributed by atoms with Crippen molar-refractivity contribution < 1.29 is 22.0 Å². The number of aromatic nitrogens is 3. The number of unbranched alkanes of at least 4 members (excludes halogenated alkanes) is 3. The Kier molecular flexibility index (Phi) is 6.10. The molecular formula is C13H20F5N3. The third kappa shape index (κ3) is 4.14. The Hall–Kier alpha value is -1.21. The van der Waals surface area contributed by atoms with E-state index < -0.39 is 17.8 Å². The number of aryl methyl sites for hydroxylation is 2. The molecule has 1 heterocycles. The minimum absolute atomic E-state index is 0.0255. The molecule has 122 valence electrons. The third-order valence-corrected chi connectivity index (χ3v) is 3.17. The Bertz CT molecular complexity index is 440. The van der Waals surface area contributed by atoms with Crippen molar-refractivity contribution >= 4 is 0 Å². The lowest BCUT2D eigenvalue weighted by Gasteiger charge is -2.21. The van der Waals surface area contributed by atoms with Crippen LogP contribution in [-0.4, -0.2) is 21.2 Å². The molecule has 0 bridgehead atoms. The largest absolute Gasteiger partial charge is 0.459 e. The summed E-state index contributed by atoms with van der Waals surface area (Å²) >= 11 is 0. The molecule has 0 N–H and O–H groups in total. The Morgan fingerprint density at radius 3 is 2.14 bits per heavy atom. The number of nitrogens with zero attached hydrogens (tertiary/aromatic N) is 3. The highest BCUT2D eigenvalue weighted by Gasteiger charge is 2.61. The van der Waals surface area contributed by atoms with Gasteiger partial charge in [0.25, 0.3) is 0 Å². The number of alkyl halides is 5. The predicted molar refractivity (Wildman–Crippen MR) is 68.1 cm³/mol. The van der Waals surface area contributed by atoms with Gasteiger partial charge in [0.15, 0.2) is 0 Å². The molecular weight excluding hydrogens is 293 g/mol. The van der Waals surface area contributed by atoms with E-state index in [9.17, 15) is 22.0 Å². The first-order valence-electron chi connectivity index (χ1n) is 7.13. The van der Waals surface area contributed by atoms with Gasteiger partial charge in [0.05, 0.1) is 5.69 Å². The summed E-state index contributed by atoms with van der Waals surface area (Å²) in [5, 5.41) is 7.02. The second-order valence-electron chi connectivity index (χ2n) is 4.99. The first-order valence-corrected chi connectivity index (χ1v) is 7.13. The highest BCUT2D eigenvalue weighted by Crippen LogP contribution is 2.44. The molecule has 0 aromatic carbocycles. The zero-order chi connectivity index (χ0) is 16.1. The van der Waals surface area contributed by atoms with Gasteiger partial charge in [-0.15, -0.1) is 5.10 Å². The van der Waals surface area contributed by atoms with E-state index in [0.29, 0.717) is 17.5 Å². The van der Waals surface area contributed by atoms with E-state index in [0.717, 1.165) is 19.3 Å². The molecule has 0 amide bonds. The monoisotopic (exact) mass is 313 g/mol. The van der Waals surface area contributed by atoms with Gasteiger partial charge in [-0.05, 0) is 12.8 Å². The SMILES string of the molecule is CCCCCCn1nnc(CCC)c1C(F)(F)C(F)(F)F. The Balaban J connectivity index is 3.04. The second-order valence-corrected chi connectivity index (χ2v) is 4.99. The normalized spacial score (nSPS) is 12.9. The second kappa shape index (κ2) is 7.17. The molecule has 0 aliphatic heterocycles. The van der Waals surface area contributed by atoms with Crippen LogP contribution in [0.5, 0.6) is 0 Å². The van der Waals surface area contributed by atoms with E-state index >= 15 is 0 Å². The molecule has 1 aromatic rings. The van der Waals surface area contributed by atoms with Crippen molar-refractivity contribution in [1.29, 1.82) is 0 Å². The molecule has 0 fully saturated rings. The Morgan fingerprint density at radius 1 is 0.952 bits per heavy atom. The smallest absolute Gasteiger partial charge is 0.243 e. The molecule has 0 aliphatic rings. The van der Waals surface area contributed by atoms with Gasteiger partial charge in [0.2, 0.25) is 0 Å². The first kappa shape index (κ1) is 17.8. The van der Waals surface area contributed by atoms with Crippen LogP contribution in [0, 0.1) is 0 Å². The molecule has 1 aromatic heterocycles. The fourth-order valence-corrected chi connectivity index (χ4v) is 2.08. The van der Waals surface area contributed by atoms with Gasteiger partial charge in [-0.1, -0.05) is 44.7 Å². The molecule has 21 heavy (non-hydrogen) atoms. The van der Waals surface area contributed by atoms with Crippen molar-refractivity contribution in [2.45, 2.75) is 71.0 Å². The van der Waals surface area contributed by atoms with Crippen LogP contribution in [0.25, 0.3) is 0 Å². The van der Waals surface area contributed by atoms with Gasteiger partial charge in [-0.25, -0.2) is 4.68 Å². The molecule has 0 saturated heterocycles. The summed E-state index contributed by atoms with van der Waals surface area (Å²) in [6.45, 7) is 3.70. The van der Waals surface area contributed by atoms with Gasteiger partial charge >= 0.3 is 12.1 Å². The fraction of sp³-hybridized carbons (Fsp3) is 0.846. The summed E-state index contributed by atoms with van der Waals surface area (Å²) in [6, 6.07) is 0. The minimum Gasteiger partial charge on any atom is -0.243 e. The predicted octanol–water partition coefficient (Wildman–Crippen LogP) is 4.47. The van der Waals surface area contributed by atoms with Crippen molar-refractivity contribution in [3.63, 3.8) is 0 Å². The van der Waals surface area contributed by atoms with Crippen molar-refractivity contribution in [3.8, 4) is 0 Å². The third-order valence-electron chi connectivity index (χ3n) is 3.17. The lowest BCUT2D eigenvalue weighted by molar-refractivity contribution is -0.292. The topological polar surface area (TPSA) is 30.7 Å². The number of halogens is 5. The minimum atomic E-state index is -5.64. The van der Waals surface area contributed by atoms with E-state index in [1.165, 1.54) is 0 Å². The quantitative estimate of drug-likeness (QED) is 0.524. The van der Waals surface area contributed by atoms with Gasteiger partial charge in [0.1, 0.15) is 5.69 Å². The fourth-order valence-electron chi connectivity index (χ4n) is 2.08. The van der Waals surface area contributed by atoms with Crippen LogP contribution in [0.4, 0.5) is 22.0 Å². The summed E-state index contributed by atoms with van der Waals surface area (Å²) in [7, 11) is 0. The van der Waals surface area contributed by atoms with Crippen LogP contribution in [0.2, 0.25) is 0 Å². The number of hydrogen-bond donors (Lipinski definition) is 0. The maximum atomic E-state index is 13.7. The Labute approximate surface area is 120 Å². The van der Waals surface area contributed by atoms with Crippen molar-refractivity contribution in [2.75, 3.05) is 0 Å². The maximum absolute atomic E-state index is 13.7. The lowest BCUT2D eigenvalue weighted by atomic mass is 10.1. The first-order chi connectivity index (χ1) is 9.75. The summed E-state index contributed by atoms with van der Waals surface area (Å²) in [5.41, 5.74) is -1.37. The Morgan fingerprint density at radius 2 is 1.62 bits per heavy atom. The molecule has 8 heteroatoms. The van der Waals surface area contributed by atoms with E-state index in [-0.39, 0.29) is 18.7 Å². The van der Waals surface area contributed by atoms with E-state index in [1.54, 1.807) is 6.92 Å². The van der Waals surface area contributed by atoms with Crippen molar-refractivity contribution in [2.24, 2.45) is 0 Å². The van der Waals surface area contributed by atoms with E-state index in [4.69, 9.17) is 0 Å². The molecule has 0 spiro atoms. The average Bonchev–Trinajstić information content (AvgIpc) is 2.77. The molecule has 3 nitrogen and oxygen atoms in total. The van der Waals surface area contributed by atoms with Crippen molar-refractivity contribution in [3.05, 3.63) is 11.4 Å². The zero-order valence-corrected chi connectivity index (χ0v) is 12.2. The zero-order valence-electron chi connectivity index (χ0n) is 12.2. The van der Waals surface area contributed by atoms with Crippen LogP contribution in [0.3, 0.4) is 0 Å². The molecule has 0 unspecified atom stereocenters. The van der Waals surface area contributed by atoms with E-state index in [1.807, 2.05) is 6.92 Å². The molecule has 1 rings (SSSR count). The standard InChI is InChI=1S/C13H20F5N3/c1-3-5-6-7-9-21-11(10(8-4-2)19-20-21)12(14,15)13(16,17)18/h3-9H2,1-2H3. The van der Waals surface area contributed by atoms with E-state index in [2.05, 4.69) is 10.3 Å². The van der Waals surface area contributed by atoms with Crippen LogP contribution in [-0.2, 0) is 18.9 Å². The van der Waals surface area contributed by atoms with Crippen LogP contribution < -0.4 is 0 Å². The van der Waals surface area contributed by atoms with Gasteiger partial charge in [0, 0.05) is 6.54 Å². The summed E-state index contributed by atoms with van der Waals surface area (Å²) in [5.74, 6) is -4.92.